The van der Waals surface area contributed by atoms with Crippen LogP contribution < -0.4 is 15.4 Å². The van der Waals surface area contributed by atoms with Crippen molar-refractivity contribution in [1.29, 1.82) is 0 Å². The summed E-state index contributed by atoms with van der Waals surface area (Å²) in [4.78, 5) is 23.6. The van der Waals surface area contributed by atoms with Gasteiger partial charge in [0, 0.05) is 17.4 Å². The van der Waals surface area contributed by atoms with Gasteiger partial charge in [0.2, 0.25) is 0 Å². The molecule has 2 aromatic carbocycles. The van der Waals surface area contributed by atoms with E-state index in [4.69, 9.17) is 9.47 Å². The first-order chi connectivity index (χ1) is 12.6. The van der Waals surface area contributed by atoms with Gasteiger partial charge in [0.15, 0.2) is 12.7 Å². The molecule has 6 nitrogen and oxygen atoms in total. The van der Waals surface area contributed by atoms with Gasteiger partial charge in [-0.25, -0.2) is 4.79 Å². The van der Waals surface area contributed by atoms with Gasteiger partial charge in [-0.3, -0.25) is 4.79 Å². The standard InChI is InChI=1S/C20H22N2O4/c1-14(20(24)22-17-7-8-17)26-19(23)13-25-18-11-9-16(10-12-18)21-15-5-3-2-4-6-15/h2-6,9-12,14,17,21H,7-8,13H2,1H3,(H,22,24)/t14-/m1/s1. The zero-order chi connectivity index (χ0) is 18.4. The first-order valence-electron chi connectivity index (χ1n) is 8.65. The predicted octanol–water partition coefficient (Wildman–Crippen LogP) is 3.02. The van der Waals surface area contributed by atoms with Crippen LogP contribution in [0.25, 0.3) is 0 Å². The number of rotatable bonds is 8. The van der Waals surface area contributed by atoms with Crippen LogP contribution in [0.2, 0.25) is 0 Å². The van der Waals surface area contributed by atoms with Gasteiger partial charge in [0.25, 0.3) is 5.91 Å². The maximum Gasteiger partial charge on any atom is 0.344 e. The van der Waals surface area contributed by atoms with E-state index in [1.54, 1.807) is 19.1 Å². The number of benzene rings is 2. The molecule has 0 radical (unpaired) electrons. The molecule has 1 aliphatic carbocycles. The molecule has 0 heterocycles. The molecule has 1 saturated carbocycles. The lowest BCUT2D eigenvalue weighted by Gasteiger charge is -2.13. The second-order valence-electron chi connectivity index (χ2n) is 6.22. The molecule has 0 aliphatic heterocycles. The molecule has 1 atom stereocenters. The number of ether oxygens (including phenoxy) is 2. The highest BCUT2D eigenvalue weighted by Crippen LogP contribution is 2.20. The van der Waals surface area contributed by atoms with Crippen LogP contribution in [-0.2, 0) is 14.3 Å². The van der Waals surface area contributed by atoms with Crippen molar-refractivity contribution in [3.05, 3.63) is 54.6 Å². The summed E-state index contributed by atoms with van der Waals surface area (Å²) in [7, 11) is 0. The van der Waals surface area contributed by atoms with Crippen LogP contribution in [0.15, 0.2) is 54.6 Å². The van der Waals surface area contributed by atoms with Gasteiger partial charge in [-0.05, 0) is 56.2 Å². The van der Waals surface area contributed by atoms with Gasteiger partial charge >= 0.3 is 5.97 Å². The van der Waals surface area contributed by atoms with Gasteiger partial charge in [0.1, 0.15) is 5.75 Å². The molecule has 26 heavy (non-hydrogen) atoms. The summed E-state index contributed by atoms with van der Waals surface area (Å²) in [6, 6.07) is 17.3. The topological polar surface area (TPSA) is 76.7 Å². The number of carbonyl (C=O) groups is 2. The minimum atomic E-state index is -0.816. The van der Waals surface area contributed by atoms with Crippen LogP contribution in [0.1, 0.15) is 19.8 Å². The average molecular weight is 354 g/mol. The van der Waals surface area contributed by atoms with Crippen LogP contribution >= 0.6 is 0 Å². The van der Waals surface area contributed by atoms with E-state index in [0.29, 0.717) is 5.75 Å². The van der Waals surface area contributed by atoms with Crippen LogP contribution in [0.3, 0.4) is 0 Å². The number of carbonyl (C=O) groups excluding carboxylic acids is 2. The Labute approximate surface area is 152 Å². The Bertz CT molecular complexity index is 742. The van der Waals surface area contributed by atoms with Gasteiger partial charge in [-0.1, -0.05) is 18.2 Å². The van der Waals surface area contributed by atoms with Crippen molar-refractivity contribution in [1.82, 2.24) is 5.32 Å². The molecule has 3 rings (SSSR count). The third-order valence-electron chi connectivity index (χ3n) is 3.87. The normalized spacial score (nSPS) is 14.2. The van der Waals surface area contributed by atoms with E-state index >= 15 is 0 Å². The summed E-state index contributed by atoms with van der Waals surface area (Å²) < 4.78 is 10.5. The summed E-state index contributed by atoms with van der Waals surface area (Å²) in [5.41, 5.74) is 1.90. The summed E-state index contributed by atoms with van der Waals surface area (Å²) >= 11 is 0. The first-order valence-corrected chi connectivity index (χ1v) is 8.65. The van der Waals surface area contributed by atoms with Gasteiger partial charge < -0.3 is 20.1 Å². The molecule has 0 saturated heterocycles. The second kappa shape index (κ2) is 8.38. The van der Waals surface area contributed by atoms with Crippen molar-refractivity contribution >= 4 is 23.3 Å². The Kier molecular flexibility index (Phi) is 5.73. The summed E-state index contributed by atoms with van der Waals surface area (Å²) in [6.07, 6.45) is 1.17. The van der Waals surface area contributed by atoms with Crippen LogP contribution in [0.5, 0.6) is 5.75 Å². The van der Waals surface area contributed by atoms with Gasteiger partial charge in [0.05, 0.1) is 0 Å². The van der Waals surface area contributed by atoms with E-state index in [2.05, 4.69) is 10.6 Å². The van der Waals surface area contributed by atoms with E-state index < -0.39 is 12.1 Å². The van der Waals surface area contributed by atoms with Crippen LogP contribution in [0, 0.1) is 0 Å². The molecule has 1 aliphatic rings. The van der Waals surface area contributed by atoms with Gasteiger partial charge in [-0.2, -0.15) is 0 Å². The van der Waals surface area contributed by atoms with E-state index in [0.717, 1.165) is 24.2 Å². The molecule has 6 heteroatoms. The third-order valence-corrected chi connectivity index (χ3v) is 3.87. The summed E-state index contributed by atoms with van der Waals surface area (Å²) in [6.45, 7) is 1.31. The number of nitrogens with one attached hydrogen (secondary N) is 2. The third kappa shape index (κ3) is 5.51. The molecule has 136 valence electrons. The van der Waals surface area contributed by atoms with Crippen molar-refractivity contribution in [2.24, 2.45) is 0 Å². The van der Waals surface area contributed by atoms with E-state index in [1.807, 2.05) is 42.5 Å². The molecule has 0 spiro atoms. The van der Waals surface area contributed by atoms with E-state index in [9.17, 15) is 9.59 Å². The van der Waals surface area contributed by atoms with Crippen LogP contribution in [0.4, 0.5) is 11.4 Å². The molecule has 0 unspecified atom stereocenters. The molecule has 2 aromatic rings. The zero-order valence-electron chi connectivity index (χ0n) is 14.6. The number of amides is 1. The van der Waals surface area contributed by atoms with E-state index in [-0.39, 0.29) is 18.6 Å². The Balaban J connectivity index is 1.42. The largest absolute Gasteiger partial charge is 0.482 e. The molecule has 1 amide bonds. The molecule has 1 fully saturated rings. The second-order valence-corrected chi connectivity index (χ2v) is 6.22. The van der Waals surface area contributed by atoms with E-state index in [1.165, 1.54) is 0 Å². The van der Waals surface area contributed by atoms with Crippen molar-refractivity contribution in [2.75, 3.05) is 11.9 Å². The number of esters is 1. The Morgan fingerprint density at radius 1 is 1.04 bits per heavy atom. The molecule has 2 N–H and O–H groups in total. The summed E-state index contributed by atoms with van der Waals surface area (Å²) in [5.74, 6) is -0.289. The number of para-hydroxylation sites is 1. The fourth-order valence-electron chi connectivity index (χ4n) is 2.30. The lowest BCUT2D eigenvalue weighted by atomic mass is 10.2. The average Bonchev–Trinajstić information content (AvgIpc) is 3.46. The minimum absolute atomic E-state index is 0.239. The molecular weight excluding hydrogens is 332 g/mol. The highest BCUT2D eigenvalue weighted by Gasteiger charge is 2.27. The van der Waals surface area contributed by atoms with Gasteiger partial charge in [-0.15, -0.1) is 0 Å². The Morgan fingerprint density at radius 2 is 1.69 bits per heavy atom. The maximum atomic E-state index is 11.8. The van der Waals surface area contributed by atoms with Crippen molar-refractivity contribution < 1.29 is 19.1 Å². The Morgan fingerprint density at radius 3 is 2.35 bits per heavy atom. The van der Waals surface area contributed by atoms with Crippen molar-refractivity contribution in [3.63, 3.8) is 0 Å². The van der Waals surface area contributed by atoms with Crippen molar-refractivity contribution in [3.8, 4) is 5.75 Å². The first kappa shape index (κ1) is 17.8. The number of hydrogen-bond acceptors (Lipinski definition) is 5. The lowest BCUT2D eigenvalue weighted by molar-refractivity contribution is -0.156. The van der Waals surface area contributed by atoms with Crippen molar-refractivity contribution in [2.45, 2.75) is 31.9 Å². The fraction of sp³-hybridized carbons (Fsp3) is 0.300. The number of hydrogen-bond donors (Lipinski definition) is 2. The fourth-order valence-corrected chi connectivity index (χ4v) is 2.30. The zero-order valence-corrected chi connectivity index (χ0v) is 14.6. The molecule has 0 aromatic heterocycles. The lowest BCUT2D eigenvalue weighted by Crippen LogP contribution is -2.37. The minimum Gasteiger partial charge on any atom is -0.482 e. The van der Waals surface area contributed by atoms with Crippen LogP contribution in [-0.4, -0.2) is 30.6 Å². The Hall–Kier alpha value is -3.02. The smallest absolute Gasteiger partial charge is 0.344 e. The molecule has 0 bridgehead atoms. The highest BCUT2D eigenvalue weighted by atomic mass is 16.6. The quantitative estimate of drug-likeness (QED) is 0.713. The number of anilines is 2. The SMILES string of the molecule is C[C@@H](OC(=O)COc1ccc(Nc2ccccc2)cc1)C(=O)NC1CC1. The predicted molar refractivity (Wildman–Crippen MR) is 98.4 cm³/mol. The highest BCUT2D eigenvalue weighted by molar-refractivity contribution is 5.84. The summed E-state index contributed by atoms with van der Waals surface area (Å²) in [5, 5.41) is 6.06. The monoisotopic (exact) mass is 354 g/mol. The molecular formula is C20H22N2O4. The maximum absolute atomic E-state index is 11.8.